The predicted molar refractivity (Wildman–Crippen MR) is 51.9 cm³/mol. The summed E-state index contributed by atoms with van der Waals surface area (Å²) < 4.78 is 0. The van der Waals surface area contributed by atoms with Crippen molar-refractivity contribution in [2.45, 2.75) is 57.4 Å². The van der Waals surface area contributed by atoms with E-state index in [9.17, 15) is 0 Å². The third-order valence-electron chi connectivity index (χ3n) is 3.89. The van der Waals surface area contributed by atoms with Crippen LogP contribution in [-0.4, -0.2) is 5.54 Å². The molecule has 70 valence electrons. The zero-order valence-corrected chi connectivity index (χ0v) is 8.18. The topological polar surface area (TPSA) is 26.0 Å². The molecule has 2 aliphatic rings. The number of hydrogen-bond acceptors (Lipinski definition) is 1. The fourth-order valence-electron chi connectivity index (χ4n) is 2.84. The summed E-state index contributed by atoms with van der Waals surface area (Å²) in [5.41, 5.74) is 6.69. The van der Waals surface area contributed by atoms with Gasteiger partial charge in [0.25, 0.3) is 0 Å². The molecule has 0 bridgehead atoms. The SMILES string of the molecule is CCC1CCCC(N)(C2CC2)C1. The second kappa shape index (κ2) is 3.02. The smallest absolute Gasteiger partial charge is 0.0185 e. The summed E-state index contributed by atoms with van der Waals surface area (Å²) in [4.78, 5) is 0. The van der Waals surface area contributed by atoms with E-state index in [1.165, 1.54) is 44.9 Å². The molecule has 2 N–H and O–H groups in total. The molecule has 0 spiro atoms. The molecule has 0 heterocycles. The zero-order chi connectivity index (χ0) is 8.60. The van der Waals surface area contributed by atoms with Gasteiger partial charge in [-0.15, -0.1) is 0 Å². The number of hydrogen-bond donors (Lipinski definition) is 1. The molecule has 2 atom stereocenters. The molecule has 0 radical (unpaired) electrons. The van der Waals surface area contributed by atoms with E-state index < -0.39 is 0 Å². The first kappa shape index (κ1) is 8.55. The van der Waals surface area contributed by atoms with Crippen molar-refractivity contribution in [3.05, 3.63) is 0 Å². The maximum atomic E-state index is 6.43. The van der Waals surface area contributed by atoms with Crippen LogP contribution in [0, 0.1) is 11.8 Å². The highest BCUT2D eigenvalue weighted by molar-refractivity contribution is 5.01. The summed E-state index contributed by atoms with van der Waals surface area (Å²) in [6, 6.07) is 0. The zero-order valence-electron chi connectivity index (χ0n) is 8.18. The molecular weight excluding hydrogens is 146 g/mol. The highest BCUT2D eigenvalue weighted by atomic mass is 14.8. The predicted octanol–water partition coefficient (Wildman–Crippen LogP) is 2.69. The largest absolute Gasteiger partial charge is 0.325 e. The lowest BCUT2D eigenvalue weighted by Crippen LogP contribution is -2.46. The van der Waals surface area contributed by atoms with Gasteiger partial charge in [0, 0.05) is 5.54 Å². The molecule has 2 rings (SSSR count). The van der Waals surface area contributed by atoms with Crippen LogP contribution < -0.4 is 5.73 Å². The van der Waals surface area contributed by atoms with Crippen molar-refractivity contribution in [3.8, 4) is 0 Å². The van der Waals surface area contributed by atoms with E-state index in [-0.39, 0.29) is 5.54 Å². The van der Waals surface area contributed by atoms with E-state index in [0.717, 1.165) is 11.8 Å². The van der Waals surface area contributed by atoms with Crippen LogP contribution in [0.2, 0.25) is 0 Å². The van der Waals surface area contributed by atoms with Crippen LogP contribution in [0.3, 0.4) is 0 Å². The van der Waals surface area contributed by atoms with Crippen molar-refractivity contribution in [3.63, 3.8) is 0 Å². The van der Waals surface area contributed by atoms with Crippen LogP contribution in [0.15, 0.2) is 0 Å². The summed E-state index contributed by atoms with van der Waals surface area (Å²) in [5.74, 6) is 1.83. The Kier molecular flexibility index (Phi) is 2.16. The second-order valence-corrected chi connectivity index (χ2v) is 4.88. The Labute approximate surface area is 75.7 Å². The van der Waals surface area contributed by atoms with Crippen LogP contribution >= 0.6 is 0 Å². The van der Waals surface area contributed by atoms with Crippen molar-refractivity contribution in [1.29, 1.82) is 0 Å². The van der Waals surface area contributed by atoms with Crippen LogP contribution in [-0.2, 0) is 0 Å². The van der Waals surface area contributed by atoms with Gasteiger partial charge in [-0.3, -0.25) is 0 Å². The van der Waals surface area contributed by atoms with E-state index in [1.807, 2.05) is 0 Å². The van der Waals surface area contributed by atoms with E-state index >= 15 is 0 Å². The van der Waals surface area contributed by atoms with Gasteiger partial charge in [-0.1, -0.05) is 26.2 Å². The third kappa shape index (κ3) is 1.52. The molecule has 2 saturated carbocycles. The summed E-state index contributed by atoms with van der Waals surface area (Å²) >= 11 is 0. The van der Waals surface area contributed by atoms with Gasteiger partial charge in [-0.05, 0) is 37.5 Å². The quantitative estimate of drug-likeness (QED) is 0.672. The Bertz CT molecular complexity index is 162. The van der Waals surface area contributed by atoms with Gasteiger partial charge in [0.15, 0.2) is 0 Å². The fourth-order valence-corrected chi connectivity index (χ4v) is 2.84. The van der Waals surface area contributed by atoms with Gasteiger partial charge >= 0.3 is 0 Å². The van der Waals surface area contributed by atoms with Gasteiger partial charge in [0.1, 0.15) is 0 Å². The van der Waals surface area contributed by atoms with Crippen molar-refractivity contribution < 1.29 is 0 Å². The van der Waals surface area contributed by atoms with Crippen molar-refractivity contribution >= 4 is 0 Å². The fraction of sp³-hybridized carbons (Fsp3) is 1.00. The first-order valence-electron chi connectivity index (χ1n) is 5.53. The van der Waals surface area contributed by atoms with Crippen LogP contribution in [0.1, 0.15) is 51.9 Å². The third-order valence-corrected chi connectivity index (χ3v) is 3.89. The monoisotopic (exact) mass is 167 g/mol. The number of rotatable bonds is 2. The molecule has 1 heteroatoms. The van der Waals surface area contributed by atoms with E-state index in [4.69, 9.17) is 5.73 Å². The Morgan fingerprint density at radius 1 is 1.33 bits per heavy atom. The van der Waals surface area contributed by atoms with Crippen molar-refractivity contribution in [2.24, 2.45) is 17.6 Å². The van der Waals surface area contributed by atoms with Crippen LogP contribution in [0.4, 0.5) is 0 Å². The molecule has 1 nitrogen and oxygen atoms in total. The standard InChI is InChI=1S/C11H21N/c1-2-9-4-3-7-11(12,8-9)10-5-6-10/h9-10H,2-8,12H2,1H3. The molecule has 12 heavy (non-hydrogen) atoms. The molecule has 0 saturated heterocycles. The van der Waals surface area contributed by atoms with Gasteiger partial charge in [-0.25, -0.2) is 0 Å². The summed E-state index contributed by atoms with van der Waals surface area (Å²) in [5, 5.41) is 0. The lowest BCUT2D eigenvalue weighted by atomic mass is 9.73. The Hall–Kier alpha value is -0.0400. The summed E-state index contributed by atoms with van der Waals surface area (Å²) in [6.07, 6.45) is 9.58. The maximum absolute atomic E-state index is 6.43. The van der Waals surface area contributed by atoms with Crippen LogP contribution in [0.25, 0.3) is 0 Å². The summed E-state index contributed by atoms with van der Waals surface area (Å²) in [7, 11) is 0. The van der Waals surface area contributed by atoms with Gasteiger partial charge in [-0.2, -0.15) is 0 Å². The first-order chi connectivity index (χ1) is 5.74. The highest BCUT2D eigenvalue weighted by Crippen LogP contribution is 2.47. The van der Waals surface area contributed by atoms with E-state index in [0.29, 0.717) is 0 Å². The lowest BCUT2D eigenvalue weighted by molar-refractivity contribution is 0.195. The first-order valence-corrected chi connectivity index (χ1v) is 5.53. The van der Waals surface area contributed by atoms with E-state index in [2.05, 4.69) is 6.92 Å². The minimum Gasteiger partial charge on any atom is -0.325 e. The molecular formula is C11H21N. The molecule has 0 aromatic carbocycles. The summed E-state index contributed by atoms with van der Waals surface area (Å²) in [6.45, 7) is 2.31. The minimum atomic E-state index is 0.263. The molecule has 2 fully saturated rings. The molecule has 0 aromatic rings. The Morgan fingerprint density at radius 2 is 2.08 bits per heavy atom. The average molecular weight is 167 g/mol. The molecule has 0 amide bonds. The number of nitrogens with two attached hydrogens (primary N) is 1. The molecule has 2 aliphatic carbocycles. The Balaban J connectivity index is 1.96. The van der Waals surface area contributed by atoms with Gasteiger partial charge < -0.3 is 5.73 Å². The molecule has 2 unspecified atom stereocenters. The average Bonchev–Trinajstić information content (AvgIpc) is 2.86. The minimum absolute atomic E-state index is 0.263. The lowest BCUT2D eigenvalue weighted by Gasteiger charge is -2.38. The normalized spacial score (nSPS) is 43.0. The highest BCUT2D eigenvalue weighted by Gasteiger charge is 2.44. The van der Waals surface area contributed by atoms with Crippen molar-refractivity contribution in [2.75, 3.05) is 0 Å². The van der Waals surface area contributed by atoms with Gasteiger partial charge in [0.2, 0.25) is 0 Å². The van der Waals surface area contributed by atoms with E-state index in [1.54, 1.807) is 0 Å². The Morgan fingerprint density at radius 3 is 2.67 bits per heavy atom. The molecule has 0 aromatic heterocycles. The van der Waals surface area contributed by atoms with Crippen molar-refractivity contribution in [1.82, 2.24) is 0 Å². The maximum Gasteiger partial charge on any atom is 0.0185 e. The molecule has 0 aliphatic heterocycles. The van der Waals surface area contributed by atoms with Crippen LogP contribution in [0.5, 0.6) is 0 Å². The second-order valence-electron chi connectivity index (χ2n) is 4.88. The van der Waals surface area contributed by atoms with Gasteiger partial charge in [0.05, 0.1) is 0 Å².